The summed E-state index contributed by atoms with van der Waals surface area (Å²) in [5.74, 6) is -2.94. The smallest absolute Gasteiger partial charge is 0.321 e. The summed E-state index contributed by atoms with van der Waals surface area (Å²) in [6.45, 7) is 0. The first-order chi connectivity index (χ1) is 9.30. The van der Waals surface area contributed by atoms with Crippen molar-refractivity contribution in [1.29, 1.82) is 0 Å². The molecular weight excluding hydrogens is 286 g/mol. The third kappa shape index (κ3) is 5.81. The predicted octanol–water partition coefficient (Wildman–Crippen LogP) is 0.424. The van der Waals surface area contributed by atoms with Crippen molar-refractivity contribution in [3.8, 4) is 0 Å². The molecule has 0 aliphatic carbocycles. The van der Waals surface area contributed by atoms with Gasteiger partial charge in [0.15, 0.2) is 0 Å². The minimum absolute atomic E-state index is 0.307. The Morgan fingerprint density at radius 2 is 1.75 bits per heavy atom. The van der Waals surface area contributed by atoms with Crippen LogP contribution in [0.2, 0.25) is 0 Å². The highest BCUT2D eigenvalue weighted by Gasteiger charge is 2.24. The molecule has 0 saturated heterocycles. The van der Waals surface area contributed by atoms with Crippen LogP contribution >= 0.6 is 0 Å². The van der Waals surface area contributed by atoms with Gasteiger partial charge in [-0.1, -0.05) is 30.3 Å². The van der Waals surface area contributed by atoms with E-state index in [9.17, 15) is 18.0 Å². The highest BCUT2D eigenvalue weighted by atomic mass is 32.2. The van der Waals surface area contributed by atoms with E-state index in [4.69, 9.17) is 10.2 Å². The van der Waals surface area contributed by atoms with E-state index in [1.54, 1.807) is 30.3 Å². The zero-order chi connectivity index (χ0) is 15.2. The lowest BCUT2D eigenvalue weighted by Gasteiger charge is -2.13. The largest absolute Gasteiger partial charge is 0.481 e. The van der Waals surface area contributed by atoms with Gasteiger partial charge in [0.25, 0.3) is 0 Å². The van der Waals surface area contributed by atoms with Crippen molar-refractivity contribution in [3.05, 3.63) is 35.9 Å². The number of rotatable bonds is 8. The fraction of sp³-hybridized carbons (Fsp3) is 0.333. The lowest BCUT2D eigenvalue weighted by molar-refractivity contribution is -0.140. The minimum Gasteiger partial charge on any atom is -0.481 e. The molecule has 1 atom stereocenters. The maximum absolute atomic E-state index is 11.8. The van der Waals surface area contributed by atoms with E-state index in [1.165, 1.54) is 0 Å². The molecule has 0 spiro atoms. The molecular formula is C12H15NO6S. The molecule has 1 aromatic rings. The minimum atomic E-state index is -3.85. The lowest BCUT2D eigenvalue weighted by Crippen LogP contribution is -2.41. The van der Waals surface area contributed by atoms with Crippen LogP contribution in [0.3, 0.4) is 0 Å². The van der Waals surface area contributed by atoms with Crippen molar-refractivity contribution in [2.75, 3.05) is 0 Å². The van der Waals surface area contributed by atoms with E-state index in [-0.39, 0.29) is 12.2 Å². The maximum atomic E-state index is 11.8. The molecule has 0 aliphatic heterocycles. The van der Waals surface area contributed by atoms with Crippen LogP contribution in [0.5, 0.6) is 0 Å². The van der Waals surface area contributed by atoms with Crippen molar-refractivity contribution in [2.24, 2.45) is 0 Å². The third-order valence-electron chi connectivity index (χ3n) is 2.47. The van der Waals surface area contributed by atoms with Crippen LogP contribution in [0, 0.1) is 0 Å². The van der Waals surface area contributed by atoms with E-state index in [0.29, 0.717) is 5.56 Å². The summed E-state index contributed by atoms with van der Waals surface area (Å²) in [5.41, 5.74) is 0.516. The van der Waals surface area contributed by atoms with Crippen molar-refractivity contribution < 1.29 is 28.2 Å². The highest BCUT2D eigenvalue weighted by molar-refractivity contribution is 7.88. The summed E-state index contributed by atoms with van der Waals surface area (Å²) in [5, 5.41) is 17.4. The van der Waals surface area contributed by atoms with Crippen molar-refractivity contribution in [1.82, 2.24) is 4.72 Å². The van der Waals surface area contributed by atoms with E-state index in [1.807, 2.05) is 4.72 Å². The molecule has 7 nitrogen and oxygen atoms in total. The fourth-order valence-electron chi connectivity index (χ4n) is 1.55. The molecule has 3 N–H and O–H groups in total. The number of carboxylic acid groups (broad SMARTS) is 2. The molecule has 1 aromatic carbocycles. The molecule has 0 saturated carbocycles. The van der Waals surface area contributed by atoms with Gasteiger partial charge >= 0.3 is 11.9 Å². The first-order valence-electron chi connectivity index (χ1n) is 5.78. The summed E-state index contributed by atoms with van der Waals surface area (Å²) in [6.07, 6.45) is -0.733. The number of carboxylic acids is 2. The van der Waals surface area contributed by atoms with E-state index in [0.717, 1.165) is 0 Å². The molecule has 1 rings (SSSR count). The van der Waals surface area contributed by atoms with Gasteiger partial charge in [-0.05, 0) is 12.0 Å². The molecule has 110 valence electrons. The molecule has 0 heterocycles. The molecule has 0 aromatic heterocycles. The van der Waals surface area contributed by atoms with Crippen LogP contribution in [0.4, 0.5) is 0 Å². The second-order valence-corrected chi connectivity index (χ2v) is 5.94. The fourth-order valence-corrected chi connectivity index (χ4v) is 2.92. The topological polar surface area (TPSA) is 121 Å². The van der Waals surface area contributed by atoms with Crippen molar-refractivity contribution >= 4 is 22.0 Å². The Morgan fingerprint density at radius 3 is 2.25 bits per heavy atom. The van der Waals surface area contributed by atoms with Crippen LogP contribution in [-0.2, 0) is 25.4 Å². The van der Waals surface area contributed by atoms with Gasteiger partial charge in [-0.15, -0.1) is 0 Å². The zero-order valence-electron chi connectivity index (χ0n) is 10.5. The Hall–Kier alpha value is -1.93. The average molecular weight is 301 g/mol. The van der Waals surface area contributed by atoms with E-state index in [2.05, 4.69) is 0 Å². The number of benzene rings is 1. The van der Waals surface area contributed by atoms with Gasteiger partial charge in [-0.2, -0.15) is 0 Å². The third-order valence-corrected chi connectivity index (χ3v) is 3.82. The zero-order valence-corrected chi connectivity index (χ0v) is 11.3. The van der Waals surface area contributed by atoms with Crippen molar-refractivity contribution in [3.63, 3.8) is 0 Å². The van der Waals surface area contributed by atoms with Gasteiger partial charge in [-0.3, -0.25) is 9.59 Å². The van der Waals surface area contributed by atoms with Crippen LogP contribution < -0.4 is 4.72 Å². The Labute approximate surface area is 116 Å². The normalized spacial score (nSPS) is 12.8. The van der Waals surface area contributed by atoms with E-state index < -0.39 is 34.4 Å². The van der Waals surface area contributed by atoms with Gasteiger partial charge in [0.05, 0.1) is 5.75 Å². The first-order valence-corrected chi connectivity index (χ1v) is 7.44. The van der Waals surface area contributed by atoms with Gasteiger partial charge in [0.1, 0.15) is 6.04 Å². The van der Waals surface area contributed by atoms with Crippen LogP contribution in [0.25, 0.3) is 0 Å². The summed E-state index contributed by atoms with van der Waals surface area (Å²) in [6, 6.07) is 6.84. The van der Waals surface area contributed by atoms with Gasteiger partial charge in [0, 0.05) is 6.42 Å². The Kier molecular flexibility index (Phi) is 5.66. The average Bonchev–Trinajstić information content (AvgIpc) is 2.34. The molecule has 1 unspecified atom stereocenters. The summed E-state index contributed by atoms with van der Waals surface area (Å²) >= 11 is 0. The van der Waals surface area contributed by atoms with Crippen LogP contribution in [0.15, 0.2) is 30.3 Å². The van der Waals surface area contributed by atoms with E-state index >= 15 is 0 Å². The summed E-state index contributed by atoms with van der Waals surface area (Å²) in [4.78, 5) is 21.3. The number of nitrogens with one attached hydrogen (secondary N) is 1. The van der Waals surface area contributed by atoms with Crippen LogP contribution in [0.1, 0.15) is 18.4 Å². The number of carbonyl (C=O) groups is 2. The lowest BCUT2D eigenvalue weighted by atomic mass is 10.2. The molecule has 0 fully saturated rings. The van der Waals surface area contributed by atoms with Gasteiger partial charge in [-0.25, -0.2) is 13.1 Å². The molecule has 0 bridgehead atoms. The molecule has 0 radical (unpaired) electrons. The summed E-state index contributed by atoms with van der Waals surface area (Å²) in [7, 11) is -3.85. The molecule has 0 aliphatic rings. The van der Waals surface area contributed by atoms with Gasteiger partial charge < -0.3 is 10.2 Å². The number of aliphatic carboxylic acids is 2. The summed E-state index contributed by atoms with van der Waals surface area (Å²) < 4.78 is 25.7. The number of hydrogen-bond acceptors (Lipinski definition) is 4. The second kappa shape index (κ2) is 7.01. The quantitative estimate of drug-likeness (QED) is 0.640. The number of sulfonamides is 1. The Bertz CT molecular complexity index is 569. The predicted molar refractivity (Wildman–Crippen MR) is 70.5 cm³/mol. The SMILES string of the molecule is O=C(O)CCC(NS(=O)(=O)Cc1ccccc1)C(=O)O. The van der Waals surface area contributed by atoms with Crippen molar-refractivity contribution in [2.45, 2.75) is 24.6 Å². The molecule has 0 amide bonds. The second-order valence-electron chi connectivity index (χ2n) is 4.19. The highest BCUT2D eigenvalue weighted by Crippen LogP contribution is 2.07. The molecule has 20 heavy (non-hydrogen) atoms. The monoisotopic (exact) mass is 301 g/mol. The first kappa shape index (κ1) is 16.1. The maximum Gasteiger partial charge on any atom is 0.321 e. The Morgan fingerprint density at radius 1 is 1.15 bits per heavy atom. The number of hydrogen-bond donors (Lipinski definition) is 3. The Balaban J connectivity index is 2.71. The standard InChI is InChI=1S/C12H15NO6S/c14-11(15)7-6-10(12(16)17)13-20(18,19)8-9-4-2-1-3-5-9/h1-5,10,13H,6-8H2,(H,14,15)(H,16,17). The van der Waals surface area contributed by atoms with Gasteiger partial charge in [0.2, 0.25) is 10.0 Å². The van der Waals surface area contributed by atoms with Crippen LogP contribution in [-0.4, -0.2) is 36.6 Å². The molecule has 8 heteroatoms.